The number of amides is 1. The van der Waals surface area contributed by atoms with Crippen LogP contribution in [0.25, 0.3) is 0 Å². The molecule has 3 aromatic rings. The van der Waals surface area contributed by atoms with Crippen molar-refractivity contribution in [1.29, 1.82) is 0 Å². The van der Waals surface area contributed by atoms with Gasteiger partial charge in [0.15, 0.2) is 23.0 Å². The van der Waals surface area contributed by atoms with E-state index in [2.05, 4.69) is 5.32 Å². The summed E-state index contributed by atoms with van der Waals surface area (Å²) >= 11 is 1.53. The van der Waals surface area contributed by atoms with Crippen LogP contribution in [0, 0.1) is 11.8 Å². The molecule has 0 bridgehead atoms. The number of methoxy groups -OCH3 is 6. The number of ether oxygens (including phenoxy) is 6. The molecule has 0 unspecified atom stereocenters. The molecule has 4 rings (SSSR count). The maximum Gasteiger partial charge on any atom is 0.309 e. The summed E-state index contributed by atoms with van der Waals surface area (Å²) < 4.78 is 32.9. The average Bonchev–Trinajstić information content (AvgIpc) is 2.99. The van der Waals surface area contributed by atoms with Gasteiger partial charge in [0.1, 0.15) is 0 Å². The lowest BCUT2D eigenvalue weighted by atomic mass is 9.52. The van der Waals surface area contributed by atoms with Crippen LogP contribution in [0.1, 0.15) is 23.0 Å². The molecule has 4 atom stereocenters. The van der Waals surface area contributed by atoms with Crippen LogP contribution in [0.15, 0.2) is 59.5 Å². The van der Waals surface area contributed by atoms with Crippen molar-refractivity contribution in [2.75, 3.05) is 54.2 Å². The Bertz CT molecular complexity index is 1390. The first-order chi connectivity index (χ1) is 19.9. The molecule has 1 aliphatic carbocycles. The number of carbonyl (C=O) groups is 2. The van der Waals surface area contributed by atoms with Gasteiger partial charge in [0, 0.05) is 16.7 Å². The maximum atomic E-state index is 14.2. The lowest BCUT2D eigenvalue weighted by molar-refractivity contribution is -0.155. The molecule has 0 radical (unpaired) electrons. The first-order valence-electron chi connectivity index (χ1n) is 12.9. The molecule has 9 nitrogen and oxygen atoms in total. The second kappa shape index (κ2) is 13.1. The van der Waals surface area contributed by atoms with Gasteiger partial charge in [-0.2, -0.15) is 0 Å². The molecule has 1 saturated carbocycles. The average molecular weight is 582 g/mol. The van der Waals surface area contributed by atoms with E-state index in [1.54, 1.807) is 38.5 Å². The Kier molecular flexibility index (Phi) is 9.54. The summed E-state index contributed by atoms with van der Waals surface area (Å²) in [6.07, 6.45) is 1.95. The van der Waals surface area contributed by atoms with Gasteiger partial charge in [-0.3, -0.25) is 9.59 Å². The number of benzene rings is 3. The summed E-state index contributed by atoms with van der Waals surface area (Å²) in [7, 11) is 9.02. The minimum Gasteiger partial charge on any atom is -0.493 e. The third-order valence-electron chi connectivity index (χ3n) is 7.55. The number of rotatable bonds is 11. The molecule has 1 N–H and O–H groups in total. The van der Waals surface area contributed by atoms with Crippen molar-refractivity contribution in [2.24, 2.45) is 11.8 Å². The minimum absolute atomic E-state index is 0.231. The SMILES string of the molecule is COC(=O)[C@H]1[C@H](c2ccc(OC)c(OC)c2)[C@H](C(=O)Nc2ccccc2SC)[C@H]1c1cc(OC)c(OC)c(OC)c1. The van der Waals surface area contributed by atoms with Crippen LogP contribution in [0.5, 0.6) is 28.7 Å². The number of anilines is 1. The van der Waals surface area contributed by atoms with E-state index in [0.29, 0.717) is 40.0 Å². The molecular weight excluding hydrogens is 546 g/mol. The number of hydrogen-bond acceptors (Lipinski definition) is 9. The van der Waals surface area contributed by atoms with Crippen molar-refractivity contribution in [2.45, 2.75) is 16.7 Å². The lowest BCUT2D eigenvalue weighted by Crippen LogP contribution is -2.52. The second-order valence-corrected chi connectivity index (χ2v) is 10.2. The third kappa shape index (κ3) is 5.61. The monoisotopic (exact) mass is 581 g/mol. The molecular formula is C31H35NO8S. The van der Waals surface area contributed by atoms with Gasteiger partial charge >= 0.3 is 5.97 Å². The highest BCUT2D eigenvalue weighted by Gasteiger charge is 2.59. The van der Waals surface area contributed by atoms with E-state index < -0.39 is 29.6 Å². The minimum atomic E-state index is -0.688. The number of para-hydroxylation sites is 1. The molecule has 1 fully saturated rings. The molecule has 1 aliphatic rings. The molecule has 3 aromatic carbocycles. The Labute approximate surface area is 244 Å². The van der Waals surface area contributed by atoms with Gasteiger partial charge in [-0.1, -0.05) is 18.2 Å². The van der Waals surface area contributed by atoms with Gasteiger partial charge in [0.05, 0.1) is 60.2 Å². The first-order valence-corrected chi connectivity index (χ1v) is 14.1. The van der Waals surface area contributed by atoms with Crippen molar-refractivity contribution in [3.63, 3.8) is 0 Å². The Balaban J connectivity index is 1.89. The zero-order valence-electron chi connectivity index (χ0n) is 24.2. The predicted octanol–water partition coefficient (Wildman–Crippen LogP) is 5.38. The zero-order chi connectivity index (χ0) is 29.7. The van der Waals surface area contributed by atoms with E-state index >= 15 is 0 Å². The van der Waals surface area contributed by atoms with E-state index in [9.17, 15) is 9.59 Å². The molecule has 0 spiro atoms. The van der Waals surface area contributed by atoms with Gasteiger partial charge in [-0.15, -0.1) is 11.8 Å². The van der Waals surface area contributed by atoms with Crippen molar-refractivity contribution in [1.82, 2.24) is 0 Å². The Morgan fingerprint density at radius 3 is 1.83 bits per heavy atom. The van der Waals surface area contributed by atoms with Gasteiger partial charge in [0.2, 0.25) is 11.7 Å². The summed E-state index contributed by atoms with van der Waals surface area (Å²) in [6.45, 7) is 0. The van der Waals surface area contributed by atoms with Gasteiger partial charge in [-0.05, 0) is 53.8 Å². The standard InChI is InChI=1S/C31H35NO8S/c1-35-20-13-12-17(14-21(20)36-2)25-27(30(33)32-19-10-8-9-11-24(19)41-7)26(28(25)31(34)40-6)18-15-22(37-3)29(39-5)23(16-18)38-4/h8-16,25-28H,1-7H3,(H,32,33)/t25-,26-,27+,28+/m1/s1. The van der Waals surface area contributed by atoms with Crippen LogP contribution in [0.4, 0.5) is 5.69 Å². The predicted molar refractivity (Wildman–Crippen MR) is 157 cm³/mol. The smallest absolute Gasteiger partial charge is 0.309 e. The molecule has 0 heterocycles. The first kappa shape index (κ1) is 29.9. The van der Waals surface area contributed by atoms with Crippen molar-refractivity contribution < 1.29 is 38.0 Å². The quantitative estimate of drug-likeness (QED) is 0.236. The Hall–Kier alpha value is -4.05. The molecule has 218 valence electrons. The zero-order valence-corrected chi connectivity index (χ0v) is 25.0. The Morgan fingerprint density at radius 1 is 0.683 bits per heavy atom. The van der Waals surface area contributed by atoms with E-state index in [0.717, 1.165) is 10.5 Å². The molecule has 1 amide bonds. The van der Waals surface area contributed by atoms with Crippen LogP contribution in [0.3, 0.4) is 0 Å². The van der Waals surface area contributed by atoms with Crippen LogP contribution in [0.2, 0.25) is 0 Å². The fraction of sp³-hybridized carbons (Fsp3) is 0.355. The highest BCUT2D eigenvalue weighted by atomic mass is 32.2. The fourth-order valence-electron chi connectivity index (χ4n) is 5.65. The van der Waals surface area contributed by atoms with Crippen LogP contribution in [-0.2, 0) is 14.3 Å². The van der Waals surface area contributed by atoms with Gasteiger partial charge < -0.3 is 33.7 Å². The van der Waals surface area contributed by atoms with Crippen molar-refractivity contribution in [3.05, 3.63) is 65.7 Å². The highest BCUT2D eigenvalue weighted by molar-refractivity contribution is 7.98. The Morgan fingerprint density at radius 2 is 1.27 bits per heavy atom. The number of hydrogen-bond donors (Lipinski definition) is 1. The number of nitrogens with one attached hydrogen (secondary N) is 1. The van der Waals surface area contributed by atoms with E-state index in [1.165, 1.54) is 40.2 Å². The van der Waals surface area contributed by atoms with Crippen molar-refractivity contribution >= 4 is 29.3 Å². The molecule has 41 heavy (non-hydrogen) atoms. The van der Waals surface area contributed by atoms with Crippen LogP contribution < -0.4 is 29.0 Å². The number of carbonyl (C=O) groups excluding carboxylic acids is 2. The molecule has 0 aliphatic heterocycles. The third-order valence-corrected chi connectivity index (χ3v) is 8.35. The fourth-order valence-corrected chi connectivity index (χ4v) is 6.20. The summed E-state index contributed by atoms with van der Waals surface area (Å²) in [5.74, 6) is -0.788. The van der Waals surface area contributed by atoms with Gasteiger partial charge in [0.25, 0.3) is 0 Å². The maximum absolute atomic E-state index is 14.2. The summed E-state index contributed by atoms with van der Waals surface area (Å²) in [5, 5.41) is 3.12. The normalized spacial score (nSPS) is 19.4. The van der Waals surface area contributed by atoms with Gasteiger partial charge in [-0.25, -0.2) is 0 Å². The lowest BCUT2D eigenvalue weighted by Gasteiger charge is -2.50. The summed E-state index contributed by atoms with van der Waals surface area (Å²) in [4.78, 5) is 28.5. The molecule has 0 saturated heterocycles. The topological polar surface area (TPSA) is 102 Å². The summed E-state index contributed by atoms with van der Waals surface area (Å²) in [6, 6.07) is 16.6. The molecule has 10 heteroatoms. The van der Waals surface area contributed by atoms with E-state index in [4.69, 9.17) is 28.4 Å². The van der Waals surface area contributed by atoms with Crippen LogP contribution in [-0.4, -0.2) is 60.8 Å². The van der Waals surface area contributed by atoms with E-state index in [1.807, 2.05) is 36.6 Å². The molecule has 0 aromatic heterocycles. The second-order valence-electron chi connectivity index (χ2n) is 9.39. The van der Waals surface area contributed by atoms with Crippen LogP contribution >= 0.6 is 11.8 Å². The largest absolute Gasteiger partial charge is 0.493 e. The van der Waals surface area contributed by atoms with Crippen molar-refractivity contribution in [3.8, 4) is 28.7 Å². The number of esters is 1. The number of thioether (sulfide) groups is 1. The highest BCUT2D eigenvalue weighted by Crippen LogP contribution is 2.60. The van der Waals surface area contributed by atoms with E-state index in [-0.39, 0.29) is 5.91 Å². The summed E-state index contributed by atoms with van der Waals surface area (Å²) in [5.41, 5.74) is 2.13.